The van der Waals surface area contributed by atoms with Crippen molar-refractivity contribution in [1.29, 1.82) is 0 Å². The van der Waals surface area contributed by atoms with Gasteiger partial charge in [-0.05, 0) is 69.0 Å². The van der Waals surface area contributed by atoms with Gasteiger partial charge in [0.05, 0.1) is 20.6 Å². The van der Waals surface area contributed by atoms with Gasteiger partial charge in [-0.3, -0.25) is 10.1 Å². The zero-order valence-corrected chi connectivity index (χ0v) is 18.2. The van der Waals surface area contributed by atoms with E-state index in [4.69, 9.17) is 15.9 Å². The van der Waals surface area contributed by atoms with E-state index in [1.165, 1.54) is 18.2 Å². The number of aromatic carboxylic acids is 2. The third-order valence-corrected chi connectivity index (χ3v) is 5.38. The number of aryl methyl sites for hydroxylation is 2. The van der Waals surface area contributed by atoms with Gasteiger partial charge in [0, 0.05) is 21.5 Å². The molecule has 0 amide bonds. The Morgan fingerprint density at radius 2 is 1.37 bits per heavy atom. The standard InChI is InChI=1S/C8H6BrNO4.C8H8BrNO2.Fe/c1-4-2-3-5(8(11)12)7(6(4)9)10(13)14;1-4-2-3-5(8(11)12)7(10)6(4)9;/h2-3H,1H3,(H,11,12);2-3H,10H2,1H3,(H,11,12);. The average Bonchev–Trinajstić information content (AvgIpc) is 2.54. The van der Waals surface area contributed by atoms with E-state index in [0.29, 0.717) is 10.0 Å². The second kappa shape index (κ2) is 10.4. The Kier molecular flexibility index (Phi) is 9.66. The molecule has 0 radical (unpaired) electrons. The summed E-state index contributed by atoms with van der Waals surface area (Å²) in [6, 6.07) is 5.95. The van der Waals surface area contributed by atoms with Crippen molar-refractivity contribution in [2.24, 2.45) is 0 Å². The minimum atomic E-state index is -1.31. The molecule has 0 aliphatic carbocycles. The molecule has 146 valence electrons. The van der Waals surface area contributed by atoms with Gasteiger partial charge in [-0.1, -0.05) is 12.1 Å². The van der Waals surface area contributed by atoms with Crippen molar-refractivity contribution < 1.29 is 41.8 Å². The predicted molar refractivity (Wildman–Crippen MR) is 103 cm³/mol. The van der Waals surface area contributed by atoms with Gasteiger partial charge in [-0.15, -0.1) is 0 Å². The van der Waals surface area contributed by atoms with Gasteiger partial charge in [-0.2, -0.15) is 0 Å². The van der Waals surface area contributed by atoms with Crippen molar-refractivity contribution in [3.05, 3.63) is 65.6 Å². The van der Waals surface area contributed by atoms with Gasteiger partial charge in [0.15, 0.2) is 0 Å². The van der Waals surface area contributed by atoms with Crippen LogP contribution < -0.4 is 5.73 Å². The maximum atomic E-state index is 10.7. The summed E-state index contributed by atoms with van der Waals surface area (Å²) < 4.78 is 0.866. The molecule has 0 unspecified atom stereocenters. The molecule has 0 spiro atoms. The summed E-state index contributed by atoms with van der Waals surface area (Å²) in [6.07, 6.45) is 0. The first-order valence-corrected chi connectivity index (χ1v) is 8.52. The van der Waals surface area contributed by atoms with Gasteiger partial charge in [0.2, 0.25) is 0 Å². The predicted octanol–water partition coefficient (Wildman–Crippen LogP) is 4.40. The van der Waals surface area contributed by atoms with E-state index in [2.05, 4.69) is 31.9 Å². The van der Waals surface area contributed by atoms with Crippen LogP contribution in [0.4, 0.5) is 11.4 Å². The van der Waals surface area contributed by atoms with Crippen LogP contribution in [0.3, 0.4) is 0 Å². The number of nitrogens with zero attached hydrogens (tertiary/aromatic N) is 1. The molecular weight excluding hydrogens is 532 g/mol. The number of halogens is 2. The summed E-state index contributed by atoms with van der Waals surface area (Å²) in [4.78, 5) is 31.2. The Bertz CT molecular complexity index is 905. The second-order valence-corrected chi connectivity index (χ2v) is 6.70. The van der Waals surface area contributed by atoms with Crippen LogP contribution in [-0.2, 0) is 17.1 Å². The van der Waals surface area contributed by atoms with Crippen LogP contribution in [0.15, 0.2) is 33.2 Å². The number of carboxylic acid groups (broad SMARTS) is 2. The molecule has 0 saturated carbocycles. The van der Waals surface area contributed by atoms with Crippen LogP contribution in [0.5, 0.6) is 0 Å². The first-order valence-electron chi connectivity index (χ1n) is 6.93. The van der Waals surface area contributed by atoms with Crippen molar-refractivity contribution >= 4 is 55.2 Å². The molecule has 8 nitrogen and oxygen atoms in total. The molecule has 2 rings (SSSR count). The molecule has 0 heterocycles. The molecule has 0 bridgehead atoms. The molecule has 0 atom stereocenters. The monoisotopic (exact) mass is 544 g/mol. The minimum Gasteiger partial charge on any atom is -0.478 e. The number of hydrogen-bond acceptors (Lipinski definition) is 5. The van der Waals surface area contributed by atoms with Crippen LogP contribution in [0, 0.1) is 24.0 Å². The summed E-state index contributed by atoms with van der Waals surface area (Å²) in [6.45, 7) is 3.51. The van der Waals surface area contributed by atoms with Crippen LogP contribution >= 0.6 is 31.9 Å². The van der Waals surface area contributed by atoms with E-state index in [1.807, 2.05) is 6.92 Å². The number of benzene rings is 2. The maximum absolute atomic E-state index is 10.7. The number of nitrogen functional groups attached to an aromatic ring is 1. The molecule has 0 saturated heterocycles. The van der Waals surface area contributed by atoms with E-state index >= 15 is 0 Å². The Hall–Kier alpha value is -1.94. The molecule has 27 heavy (non-hydrogen) atoms. The number of carbonyl (C=O) groups is 2. The van der Waals surface area contributed by atoms with E-state index < -0.39 is 22.5 Å². The molecule has 4 N–H and O–H groups in total. The van der Waals surface area contributed by atoms with Crippen molar-refractivity contribution in [1.82, 2.24) is 0 Å². The third kappa shape index (κ3) is 6.03. The summed E-state index contributed by atoms with van der Waals surface area (Å²) in [7, 11) is 0. The van der Waals surface area contributed by atoms with Crippen molar-refractivity contribution in [3.8, 4) is 0 Å². The number of anilines is 1. The van der Waals surface area contributed by atoms with E-state index in [-0.39, 0.29) is 38.4 Å². The molecular formula is C16H14Br2FeN2O6. The summed E-state index contributed by atoms with van der Waals surface area (Å²) >= 11 is 6.20. The molecule has 0 aliphatic heterocycles. The van der Waals surface area contributed by atoms with E-state index in [9.17, 15) is 19.7 Å². The Morgan fingerprint density at radius 1 is 0.963 bits per heavy atom. The van der Waals surface area contributed by atoms with E-state index in [1.54, 1.807) is 13.0 Å². The van der Waals surface area contributed by atoms with Crippen LogP contribution in [0.25, 0.3) is 0 Å². The van der Waals surface area contributed by atoms with Gasteiger partial charge >= 0.3 is 11.9 Å². The number of nitrogens with two attached hydrogens (primary N) is 1. The normalized spacial score (nSPS) is 9.48. The topological polar surface area (TPSA) is 144 Å². The largest absolute Gasteiger partial charge is 0.478 e. The Labute approximate surface area is 181 Å². The van der Waals surface area contributed by atoms with Gasteiger partial charge < -0.3 is 15.9 Å². The summed E-state index contributed by atoms with van der Waals surface area (Å²) in [5.41, 5.74) is 6.81. The van der Waals surface area contributed by atoms with Crippen molar-refractivity contribution in [2.75, 3.05) is 5.73 Å². The average molecular weight is 546 g/mol. The van der Waals surface area contributed by atoms with Crippen molar-refractivity contribution in [2.45, 2.75) is 13.8 Å². The fourth-order valence-corrected chi connectivity index (χ4v) is 2.74. The third-order valence-electron chi connectivity index (χ3n) is 3.33. The number of carboxylic acids is 2. The van der Waals surface area contributed by atoms with Gasteiger partial charge in [0.1, 0.15) is 5.56 Å². The van der Waals surface area contributed by atoms with Gasteiger partial charge in [-0.25, -0.2) is 9.59 Å². The quantitative estimate of drug-likeness (QED) is 0.224. The number of hydrogen-bond donors (Lipinski definition) is 3. The fraction of sp³-hybridized carbons (Fsp3) is 0.125. The number of nitro benzene ring substituents is 1. The second-order valence-electron chi connectivity index (χ2n) is 5.12. The van der Waals surface area contributed by atoms with Gasteiger partial charge in [0.25, 0.3) is 5.69 Å². The minimum absolute atomic E-state index is 0. The molecule has 0 aromatic heterocycles. The molecule has 2 aromatic carbocycles. The van der Waals surface area contributed by atoms with Crippen molar-refractivity contribution in [3.63, 3.8) is 0 Å². The molecule has 0 fully saturated rings. The van der Waals surface area contributed by atoms with E-state index in [0.717, 1.165) is 5.56 Å². The molecule has 2 aromatic rings. The SMILES string of the molecule is Cc1ccc(C(=O)O)c(N)c1Br.Cc1ccc(C(=O)O)c([N+](=O)[O-])c1Br.[Fe]. The zero-order valence-electron chi connectivity index (χ0n) is 14.0. The fourth-order valence-electron chi connectivity index (χ4n) is 1.90. The van der Waals surface area contributed by atoms with Crippen LogP contribution in [-0.4, -0.2) is 27.1 Å². The zero-order chi connectivity index (χ0) is 20.2. The molecule has 0 aliphatic rings. The first kappa shape index (κ1) is 25.1. The summed E-state index contributed by atoms with van der Waals surface area (Å²) in [5.74, 6) is -2.31. The Morgan fingerprint density at radius 3 is 1.78 bits per heavy atom. The summed E-state index contributed by atoms with van der Waals surface area (Å²) in [5, 5.41) is 28.0. The number of nitro groups is 1. The maximum Gasteiger partial charge on any atom is 0.342 e. The number of rotatable bonds is 3. The smallest absolute Gasteiger partial charge is 0.342 e. The van der Waals surface area contributed by atoms with Crippen LogP contribution in [0.2, 0.25) is 0 Å². The molecule has 11 heteroatoms. The van der Waals surface area contributed by atoms with Crippen LogP contribution in [0.1, 0.15) is 31.8 Å². The first-order chi connectivity index (χ1) is 12.0. The Balaban J connectivity index is 0.000000488.